The molecule has 0 aliphatic carbocycles. The molecule has 1 aromatic carbocycles. The van der Waals surface area contributed by atoms with Gasteiger partial charge in [0.2, 0.25) is 0 Å². The largest absolute Gasteiger partial charge is 0.380 e. The van der Waals surface area contributed by atoms with Gasteiger partial charge >= 0.3 is 0 Å². The number of hydrogen-bond donors (Lipinski definition) is 0. The highest BCUT2D eigenvalue weighted by Crippen LogP contribution is 2.26. The van der Waals surface area contributed by atoms with Crippen LogP contribution in [0.15, 0.2) is 24.3 Å². The molecule has 22 heavy (non-hydrogen) atoms. The SMILES string of the molecule is CC(C)OC(CCCCc1ccc(F)cc1)(O[SiH3])OC(C)C. The van der Waals surface area contributed by atoms with Crippen molar-refractivity contribution in [2.24, 2.45) is 0 Å². The number of ether oxygens (including phenoxy) is 2. The van der Waals surface area contributed by atoms with Gasteiger partial charge in [0.05, 0.1) is 12.2 Å². The Labute approximate surface area is 136 Å². The van der Waals surface area contributed by atoms with Gasteiger partial charge in [-0.3, -0.25) is 0 Å². The molecule has 0 atom stereocenters. The maximum Gasteiger partial charge on any atom is 0.273 e. The lowest BCUT2D eigenvalue weighted by Crippen LogP contribution is -2.42. The highest BCUT2D eigenvalue weighted by Gasteiger charge is 2.33. The Balaban J connectivity index is 2.49. The molecule has 0 aliphatic heterocycles. The lowest BCUT2D eigenvalue weighted by Gasteiger charge is -2.36. The van der Waals surface area contributed by atoms with Gasteiger partial charge in [-0.2, -0.15) is 0 Å². The molecule has 0 radical (unpaired) electrons. The van der Waals surface area contributed by atoms with Gasteiger partial charge in [-0.15, -0.1) is 0 Å². The van der Waals surface area contributed by atoms with Gasteiger partial charge in [0.1, 0.15) is 5.82 Å². The van der Waals surface area contributed by atoms with Gasteiger partial charge in [0.15, 0.2) is 10.5 Å². The van der Waals surface area contributed by atoms with Crippen LogP contribution in [-0.4, -0.2) is 28.7 Å². The van der Waals surface area contributed by atoms with Gasteiger partial charge < -0.3 is 13.9 Å². The Kier molecular flexibility index (Phi) is 8.24. The van der Waals surface area contributed by atoms with E-state index in [2.05, 4.69) is 0 Å². The van der Waals surface area contributed by atoms with Gasteiger partial charge in [0.25, 0.3) is 5.97 Å². The molecule has 0 saturated carbocycles. The summed E-state index contributed by atoms with van der Waals surface area (Å²) in [7, 11) is 0.558. The minimum absolute atomic E-state index is 0.0461. The van der Waals surface area contributed by atoms with Crippen LogP contribution < -0.4 is 0 Å². The minimum Gasteiger partial charge on any atom is -0.380 e. The van der Waals surface area contributed by atoms with Gasteiger partial charge in [-0.25, -0.2) is 4.39 Å². The van der Waals surface area contributed by atoms with Crippen molar-refractivity contribution in [3.05, 3.63) is 35.6 Å². The zero-order chi connectivity index (χ0) is 16.6. The van der Waals surface area contributed by atoms with E-state index >= 15 is 0 Å². The number of rotatable bonds is 10. The molecular formula is C17H29FO3Si. The highest BCUT2D eigenvalue weighted by molar-refractivity contribution is 5.98. The lowest BCUT2D eigenvalue weighted by atomic mass is 10.1. The van der Waals surface area contributed by atoms with E-state index in [1.807, 2.05) is 39.8 Å². The van der Waals surface area contributed by atoms with Gasteiger partial charge in [-0.05, 0) is 64.7 Å². The van der Waals surface area contributed by atoms with E-state index < -0.39 is 5.97 Å². The molecule has 0 fully saturated rings. The van der Waals surface area contributed by atoms with E-state index in [1.165, 1.54) is 12.1 Å². The van der Waals surface area contributed by atoms with E-state index in [0.717, 1.165) is 24.8 Å². The summed E-state index contributed by atoms with van der Waals surface area (Å²) in [5.74, 6) is -1.11. The van der Waals surface area contributed by atoms with Crippen LogP contribution in [0.2, 0.25) is 0 Å². The van der Waals surface area contributed by atoms with E-state index in [-0.39, 0.29) is 18.0 Å². The minimum atomic E-state index is -0.919. The summed E-state index contributed by atoms with van der Waals surface area (Å²) in [6.07, 6.45) is 3.63. The first-order valence-corrected chi connectivity index (χ1v) is 8.84. The predicted octanol–water partition coefficient (Wildman–Crippen LogP) is 3.34. The Morgan fingerprint density at radius 1 is 1.00 bits per heavy atom. The number of halogens is 1. The molecule has 0 aliphatic rings. The van der Waals surface area contributed by atoms with Crippen LogP contribution in [0.25, 0.3) is 0 Å². The maximum absolute atomic E-state index is 12.9. The highest BCUT2D eigenvalue weighted by atomic mass is 28.2. The molecule has 126 valence electrons. The fourth-order valence-corrected chi connectivity index (χ4v) is 2.78. The first-order valence-electron chi connectivity index (χ1n) is 8.02. The van der Waals surface area contributed by atoms with Crippen LogP contribution in [0.4, 0.5) is 4.39 Å². The third-order valence-corrected chi connectivity index (χ3v) is 3.88. The Morgan fingerprint density at radius 3 is 2.00 bits per heavy atom. The third kappa shape index (κ3) is 7.00. The fraction of sp³-hybridized carbons (Fsp3) is 0.647. The molecule has 0 heterocycles. The molecule has 0 N–H and O–H groups in total. The third-order valence-electron chi connectivity index (χ3n) is 3.25. The van der Waals surface area contributed by atoms with Crippen molar-refractivity contribution in [3.8, 4) is 0 Å². The Morgan fingerprint density at radius 2 is 1.55 bits per heavy atom. The second-order valence-electron chi connectivity index (χ2n) is 6.05. The Bertz CT molecular complexity index is 410. The normalized spacial score (nSPS) is 12.5. The van der Waals surface area contributed by atoms with Crippen LogP contribution in [0.5, 0.6) is 0 Å². The van der Waals surface area contributed by atoms with E-state index in [1.54, 1.807) is 0 Å². The second kappa shape index (κ2) is 9.40. The molecule has 0 aromatic heterocycles. The van der Waals surface area contributed by atoms with Crippen molar-refractivity contribution in [2.75, 3.05) is 0 Å². The average molecular weight is 329 g/mol. The summed E-state index contributed by atoms with van der Waals surface area (Å²) in [6, 6.07) is 6.68. The quantitative estimate of drug-likeness (QED) is 0.374. The van der Waals surface area contributed by atoms with Crippen LogP contribution >= 0.6 is 0 Å². The maximum atomic E-state index is 12.9. The van der Waals surface area contributed by atoms with Crippen LogP contribution in [-0.2, 0) is 20.3 Å². The van der Waals surface area contributed by atoms with Crippen LogP contribution in [0.1, 0.15) is 52.5 Å². The Hall–Kier alpha value is -0.753. The van der Waals surface area contributed by atoms with Crippen LogP contribution in [0.3, 0.4) is 0 Å². The topological polar surface area (TPSA) is 27.7 Å². The average Bonchev–Trinajstić information content (AvgIpc) is 2.44. The number of unbranched alkanes of at least 4 members (excludes halogenated alkanes) is 1. The lowest BCUT2D eigenvalue weighted by molar-refractivity contribution is -0.369. The number of hydrogen-bond acceptors (Lipinski definition) is 3. The molecule has 0 spiro atoms. The van der Waals surface area contributed by atoms with Crippen molar-refractivity contribution >= 4 is 10.5 Å². The summed E-state index contributed by atoms with van der Waals surface area (Å²) >= 11 is 0. The summed E-state index contributed by atoms with van der Waals surface area (Å²) in [4.78, 5) is 0. The zero-order valence-electron chi connectivity index (χ0n) is 14.4. The molecule has 0 bridgehead atoms. The van der Waals surface area contributed by atoms with Gasteiger partial charge in [0, 0.05) is 6.42 Å². The van der Waals surface area contributed by atoms with Crippen molar-refractivity contribution in [2.45, 2.75) is 71.6 Å². The fourth-order valence-electron chi connectivity index (χ4n) is 2.38. The summed E-state index contributed by atoms with van der Waals surface area (Å²) in [5, 5.41) is 0. The molecule has 0 saturated heterocycles. The molecule has 3 nitrogen and oxygen atoms in total. The van der Waals surface area contributed by atoms with Crippen LogP contribution in [0, 0.1) is 5.82 Å². The summed E-state index contributed by atoms with van der Waals surface area (Å²) < 4.78 is 30.4. The molecule has 1 rings (SSSR count). The van der Waals surface area contributed by atoms with E-state index in [9.17, 15) is 4.39 Å². The van der Waals surface area contributed by atoms with Crippen molar-refractivity contribution in [3.63, 3.8) is 0 Å². The standard InChI is InChI=1S/C17H29FO3Si/c1-13(2)19-17(21-22,20-14(3)4)12-6-5-7-15-8-10-16(18)11-9-15/h8-11,13-14H,5-7,12H2,1-4,22H3. The van der Waals surface area contributed by atoms with Crippen molar-refractivity contribution in [1.82, 2.24) is 0 Å². The second-order valence-corrected chi connectivity index (χ2v) is 6.46. The predicted molar refractivity (Wildman–Crippen MR) is 90.2 cm³/mol. The molecule has 0 unspecified atom stereocenters. The summed E-state index contributed by atoms with van der Waals surface area (Å²) in [5.41, 5.74) is 1.15. The number of aryl methyl sites for hydroxylation is 1. The molecule has 0 amide bonds. The first kappa shape index (κ1) is 19.3. The van der Waals surface area contributed by atoms with Gasteiger partial charge in [-0.1, -0.05) is 12.1 Å². The number of benzene rings is 1. The van der Waals surface area contributed by atoms with E-state index in [4.69, 9.17) is 13.9 Å². The summed E-state index contributed by atoms with van der Waals surface area (Å²) in [6.45, 7) is 7.93. The molecule has 1 aromatic rings. The molecule has 5 heteroatoms. The smallest absolute Gasteiger partial charge is 0.273 e. The van der Waals surface area contributed by atoms with Crippen molar-refractivity contribution < 1.29 is 18.3 Å². The molecular weight excluding hydrogens is 299 g/mol. The first-order chi connectivity index (χ1) is 10.4. The monoisotopic (exact) mass is 328 g/mol. The van der Waals surface area contributed by atoms with Crippen molar-refractivity contribution in [1.29, 1.82) is 0 Å². The van der Waals surface area contributed by atoms with E-state index in [0.29, 0.717) is 16.9 Å². The zero-order valence-corrected chi connectivity index (χ0v) is 16.4.